The Balaban J connectivity index is 2.82. The summed E-state index contributed by atoms with van der Waals surface area (Å²) in [6.45, 7) is 2.75. The number of urea groups is 1. The van der Waals surface area contributed by atoms with Crippen molar-refractivity contribution in [1.82, 2.24) is 5.32 Å². The van der Waals surface area contributed by atoms with E-state index in [1.807, 2.05) is 25.1 Å². The fourth-order valence-electron chi connectivity index (χ4n) is 1.17. The average Bonchev–Trinajstić information content (AvgIpc) is 2.28. The minimum Gasteiger partial charge on any atom is -0.338 e. The first-order valence-corrected chi connectivity index (χ1v) is 5.10. The number of benzene rings is 1. The molecule has 1 aromatic rings. The van der Waals surface area contributed by atoms with Gasteiger partial charge in [-0.2, -0.15) is 0 Å². The lowest BCUT2D eigenvalue weighted by Gasteiger charge is -2.07. The zero-order chi connectivity index (χ0) is 11.8. The molecule has 16 heavy (non-hydrogen) atoms. The van der Waals surface area contributed by atoms with Crippen LogP contribution >= 0.6 is 0 Å². The molecule has 4 nitrogen and oxygen atoms in total. The summed E-state index contributed by atoms with van der Waals surface area (Å²) >= 11 is 0. The van der Waals surface area contributed by atoms with Crippen molar-refractivity contribution in [3.05, 3.63) is 29.8 Å². The Morgan fingerprint density at radius 2 is 2.19 bits per heavy atom. The summed E-state index contributed by atoms with van der Waals surface area (Å²) in [6, 6.07) is 7.11. The molecule has 4 N–H and O–H groups in total. The van der Waals surface area contributed by atoms with Crippen LogP contribution in [0.1, 0.15) is 12.5 Å². The SMILES string of the molecule is CCNC(=O)Nc1ccccc1C#CCN. The van der Waals surface area contributed by atoms with E-state index in [0.717, 1.165) is 5.56 Å². The monoisotopic (exact) mass is 217 g/mol. The minimum absolute atomic E-state index is 0.232. The molecule has 2 amide bonds. The number of rotatable bonds is 2. The zero-order valence-electron chi connectivity index (χ0n) is 9.21. The molecular formula is C12H15N3O. The summed E-state index contributed by atoms with van der Waals surface area (Å²) in [5, 5.41) is 5.38. The van der Waals surface area contributed by atoms with Gasteiger partial charge in [-0.25, -0.2) is 4.79 Å². The molecule has 0 aliphatic carbocycles. The van der Waals surface area contributed by atoms with Gasteiger partial charge in [-0.1, -0.05) is 24.0 Å². The molecule has 1 rings (SSSR count). The Labute approximate surface area is 95.2 Å². The molecule has 0 saturated heterocycles. The second-order valence-electron chi connectivity index (χ2n) is 3.04. The lowest BCUT2D eigenvalue weighted by molar-refractivity contribution is 0.252. The van der Waals surface area contributed by atoms with Crippen LogP contribution in [0.2, 0.25) is 0 Å². The number of carbonyl (C=O) groups is 1. The highest BCUT2D eigenvalue weighted by molar-refractivity contribution is 5.90. The second kappa shape index (κ2) is 6.49. The Morgan fingerprint density at radius 1 is 1.44 bits per heavy atom. The van der Waals surface area contributed by atoms with E-state index in [9.17, 15) is 4.79 Å². The molecule has 0 aromatic heterocycles. The van der Waals surface area contributed by atoms with Gasteiger partial charge in [-0.3, -0.25) is 0 Å². The fraction of sp³-hybridized carbons (Fsp3) is 0.250. The average molecular weight is 217 g/mol. The van der Waals surface area contributed by atoms with E-state index < -0.39 is 0 Å². The highest BCUT2D eigenvalue weighted by Gasteiger charge is 2.02. The van der Waals surface area contributed by atoms with Gasteiger partial charge in [0.2, 0.25) is 0 Å². The second-order valence-corrected chi connectivity index (χ2v) is 3.04. The molecule has 0 heterocycles. The summed E-state index contributed by atoms with van der Waals surface area (Å²) in [7, 11) is 0. The molecule has 0 fully saturated rings. The molecule has 84 valence electrons. The summed E-state index contributed by atoms with van der Waals surface area (Å²) < 4.78 is 0. The van der Waals surface area contributed by atoms with Gasteiger partial charge in [0.15, 0.2) is 0 Å². The Morgan fingerprint density at radius 3 is 2.88 bits per heavy atom. The van der Waals surface area contributed by atoms with Crippen LogP contribution in [-0.4, -0.2) is 19.1 Å². The third-order valence-corrected chi connectivity index (χ3v) is 1.84. The van der Waals surface area contributed by atoms with Gasteiger partial charge in [-0.15, -0.1) is 0 Å². The summed E-state index contributed by atoms with van der Waals surface area (Å²) in [5.74, 6) is 5.66. The molecule has 0 spiro atoms. The molecule has 0 unspecified atom stereocenters. The van der Waals surface area contributed by atoms with Crippen LogP contribution in [-0.2, 0) is 0 Å². The first kappa shape index (κ1) is 12.1. The van der Waals surface area contributed by atoms with Crippen molar-refractivity contribution in [3.8, 4) is 11.8 Å². The lowest BCUT2D eigenvalue weighted by Crippen LogP contribution is -2.28. The molecule has 0 aliphatic rings. The van der Waals surface area contributed by atoms with Crippen LogP contribution < -0.4 is 16.4 Å². The van der Waals surface area contributed by atoms with Crippen molar-refractivity contribution in [2.24, 2.45) is 5.73 Å². The van der Waals surface area contributed by atoms with Crippen LogP contribution in [0.4, 0.5) is 10.5 Å². The van der Waals surface area contributed by atoms with E-state index in [1.54, 1.807) is 6.07 Å². The largest absolute Gasteiger partial charge is 0.338 e. The summed E-state index contributed by atoms with van der Waals surface area (Å²) in [5.41, 5.74) is 6.75. The van der Waals surface area contributed by atoms with E-state index in [1.165, 1.54) is 0 Å². The third kappa shape index (κ3) is 3.64. The van der Waals surface area contributed by atoms with Crippen molar-refractivity contribution in [1.29, 1.82) is 0 Å². The highest BCUT2D eigenvalue weighted by Crippen LogP contribution is 2.13. The standard InChI is InChI=1S/C12H15N3O/c1-2-14-12(16)15-11-8-4-3-6-10(11)7-5-9-13/h3-4,6,8H,2,9,13H2,1H3,(H2,14,15,16). The van der Waals surface area contributed by atoms with Crippen LogP contribution in [0.15, 0.2) is 24.3 Å². The molecular weight excluding hydrogens is 202 g/mol. The maximum absolute atomic E-state index is 11.3. The first-order chi connectivity index (χ1) is 7.77. The molecule has 4 heteroatoms. The van der Waals surface area contributed by atoms with Crippen molar-refractivity contribution in [3.63, 3.8) is 0 Å². The summed E-state index contributed by atoms with van der Waals surface area (Å²) in [4.78, 5) is 11.3. The quantitative estimate of drug-likeness (QED) is 0.650. The summed E-state index contributed by atoms with van der Waals surface area (Å²) in [6.07, 6.45) is 0. The molecule has 0 radical (unpaired) electrons. The van der Waals surface area contributed by atoms with Gasteiger partial charge in [-0.05, 0) is 19.1 Å². The predicted molar refractivity (Wildman–Crippen MR) is 65.1 cm³/mol. The van der Waals surface area contributed by atoms with Gasteiger partial charge in [0.25, 0.3) is 0 Å². The number of hydrogen-bond donors (Lipinski definition) is 3. The number of para-hydroxylation sites is 1. The predicted octanol–water partition coefficient (Wildman–Crippen LogP) is 1.14. The smallest absolute Gasteiger partial charge is 0.319 e. The Bertz CT molecular complexity index is 418. The Kier molecular flexibility index (Phi) is 4.90. The molecule has 0 saturated carbocycles. The van der Waals surface area contributed by atoms with Crippen LogP contribution in [0.25, 0.3) is 0 Å². The number of nitrogens with one attached hydrogen (secondary N) is 2. The number of amides is 2. The molecule has 1 aromatic carbocycles. The van der Waals surface area contributed by atoms with E-state index in [0.29, 0.717) is 18.8 Å². The number of hydrogen-bond acceptors (Lipinski definition) is 2. The van der Waals surface area contributed by atoms with Crippen molar-refractivity contribution in [2.75, 3.05) is 18.4 Å². The normalized spacial score (nSPS) is 8.88. The molecule has 0 atom stereocenters. The van der Waals surface area contributed by atoms with Gasteiger partial charge in [0.05, 0.1) is 12.2 Å². The maximum atomic E-state index is 11.3. The molecule has 0 aliphatic heterocycles. The van der Waals surface area contributed by atoms with Gasteiger partial charge in [0, 0.05) is 12.1 Å². The van der Waals surface area contributed by atoms with E-state index in [2.05, 4.69) is 22.5 Å². The van der Waals surface area contributed by atoms with Crippen LogP contribution in [0.3, 0.4) is 0 Å². The van der Waals surface area contributed by atoms with Crippen LogP contribution in [0, 0.1) is 11.8 Å². The third-order valence-electron chi connectivity index (χ3n) is 1.84. The lowest BCUT2D eigenvalue weighted by atomic mass is 10.2. The first-order valence-electron chi connectivity index (χ1n) is 5.10. The zero-order valence-corrected chi connectivity index (χ0v) is 9.21. The van der Waals surface area contributed by atoms with Gasteiger partial charge in [0.1, 0.15) is 0 Å². The highest BCUT2D eigenvalue weighted by atomic mass is 16.2. The number of anilines is 1. The number of carbonyl (C=O) groups excluding carboxylic acids is 1. The van der Waals surface area contributed by atoms with E-state index in [4.69, 9.17) is 5.73 Å². The van der Waals surface area contributed by atoms with Gasteiger partial charge >= 0.3 is 6.03 Å². The fourth-order valence-corrected chi connectivity index (χ4v) is 1.17. The topological polar surface area (TPSA) is 67.2 Å². The van der Waals surface area contributed by atoms with Crippen molar-refractivity contribution in [2.45, 2.75) is 6.92 Å². The van der Waals surface area contributed by atoms with E-state index >= 15 is 0 Å². The minimum atomic E-state index is -0.232. The molecule has 0 bridgehead atoms. The number of nitrogens with two attached hydrogens (primary N) is 1. The van der Waals surface area contributed by atoms with Crippen molar-refractivity contribution >= 4 is 11.7 Å². The van der Waals surface area contributed by atoms with E-state index in [-0.39, 0.29) is 6.03 Å². The maximum Gasteiger partial charge on any atom is 0.319 e. The van der Waals surface area contributed by atoms with Gasteiger partial charge < -0.3 is 16.4 Å². The van der Waals surface area contributed by atoms with Crippen molar-refractivity contribution < 1.29 is 4.79 Å². The Hall–Kier alpha value is -1.99. The van der Waals surface area contributed by atoms with Crippen LogP contribution in [0.5, 0.6) is 0 Å².